The Balaban J connectivity index is 1.91. The standard InChI is InChI=1S/C18H13F2NO3S/c1-10(22)21-12-2-4-14-11(6-18(23)24-17(14)7-12)9-25-13-3-5-15(19)16(20)8-13/h2-8H,9H2,1H3,(H,21,22). The Kier molecular flexibility index (Phi) is 4.85. The third kappa shape index (κ3) is 4.06. The van der Waals surface area contributed by atoms with Gasteiger partial charge in [0.05, 0.1) is 0 Å². The molecule has 1 amide bonds. The van der Waals surface area contributed by atoms with Crippen LogP contribution >= 0.6 is 11.8 Å². The lowest BCUT2D eigenvalue weighted by atomic mass is 10.1. The molecule has 4 nitrogen and oxygen atoms in total. The molecule has 1 aromatic heterocycles. The normalized spacial score (nSPS) is 10.8. The van der Waals surface area contributed by atoms with Gasteiger partial charge in [-0.25, -0.2) is 13.6 Å². The fraction of sp³-hybridized carbons (Fsp3) is 0.111. The van der Waals surface area contributed by atoms with Crippen LogP contribution in [0.3, 0.4) is 0 Å². The second kappa shape index (κ2) is 7.06. The number of rotatable bonds is 4. The van der Waals surface area contributed by atoms with Crippen molar-refractivity contribution < 1.29 is 18.0 Å². The van der Waals surface area contributed by atoms with Crippen molar-refractivity contribution in [3.8, 4) is 0 Å². The van der Waals surface area contributed by atoms with Gasteiger partial charge < -0.3 is 9.73 Å². The summed E-state index contributed by atoms with van der Waals surface area (Å²) in [6.07, 6.45) is 0. The number of nitrogens with one attached hydrogen (secondary N) is 1. The highest BCUT2D eigenvalue weighted by molar-refractivity contribution is 7.98. The highest BCUT2D eigenvalue weighted by atomic mass is 32.2. The summed E-state index contributed by atoms with van der Waals surface area (Å²) in [5, 5.41) is 3.33. The number of carbonyl (C=O) groups is 1. The van der Waals surface area contributed by atoms with Crippen LogP contribution in [-0.2, 0) is 10.5 Å². The Morgan fingerprint density at radius 3 is 2.64 bits per heavy atom. The van der Waals surface area contributed by atoms with E-state index in [0.717, 1.165) is 12.1 Å². The molecule has 0 aliphatic heterocycles. The summed E-state index contributed by atoms with van der Waals surface area (Å²) < 4.78 is 31.5. The van der Waals surface area contributed by atoms with Gasteiger partial charge in [-0.3, -0.25) is 4.79 Å². The smallest absolute Gasteiger partial charge is 0.336 e. The maximum absolute atomic E-state index is 13.3. The van der Waals surface area contributed by atoms with E-state index in [-0.39, 0.29) is 5.91 Å². The minimum Gasteiger partial charge on any atom is -0.423 e. The first-order valence-corrected chi connectivity index (χ1v) is 8.33. The van der Waals surface area contributed by atoms with Crippen molar-refractivity contribution in [3.05, 3.63) is 70.1 Å². The molecule has 1 heterocycles. The van der Waals surface area contributed by atoms with Gasteiger partial charge in [-0.2, -0.15) is 0 Å². The maximum atomic E-state index is 13.3. The summed E-state index contributed by atoms with van der Waals surface area (Å²) in [6, 6.07) is 10.0. The molecular formula is C18H13F2NO3S. The van der Waals surface area contributed by atoms with Crippen molar-refractivity contribution >= 4 is 34.3 Å². The van der Waals surface area contributed by atoms with Gasteiger partial charge in [-0.1, -0.05) is 0 Å². The number of halogens is 2. The van der Waals surface area contributed by atoms with Crippen molar-refractivity contribution in [3.63, 3.8) is 0 Å². The number of benzene rings is 2. The van der Waals surface area contributed by atoms with E-state index in [1.54, 1.807) is 18.2 Å². The van der Waals surface area contributed by atoms with Crippen LogP contribution < -0.4 is 10.9 Å². The van der Waals surface area contributed by atoms with E-state index in [9.17, 15) is 18.4 Å². The van der Waals surface area contributed by atoms with Crippen molar-refractivity contribution in [2.75, 3.05) is 5.32 Å². The molecule has 0 fully saturated rings. The third-order valence-electron chi connectivity index (χ3n) is 3.44. The van der Waals surface area contributed by atoms with Crippen molar-refractivity contribution in [1.82, 2.24) is 0 Å². The van der Waals surface area contributed by atoms with E-state index in [0.29, 0.717) is 32.9 Å². The molecule has 0 aliphatic rings. The predicted molar refractivity (Wildman–Crippen MR) is 92.7 cm³/mol. The van der Waals surface area contributed by atoms with Gasteiger partial charge in [0.15, 0.2) is 11.6 Å². The molecule has 0 unspecified atom stereocenters. The second-order valence-corrected chi connectivity index (χ2v) is 6.40. The molecule has 7 heteroatoms. The summed E-state index contributed by atoms with van der Waals surface area (Å²) in [4.78, 5) is 23.5. The van der Waals surface area contributed by atoms with E-state index in [1.807, 2.05) is 0 Å². The molecule has 0 aliphatic carbocycles. The van der Waals surface area contributed by atoms with Crippen LogP contribution in [0.15, 0.2) is 56.6 Å². The van der Waals surface area contributed by atoms with Crippen molar-refractivity contribution in [2.24, 2.45) is 0 Å². The monoisotopic (exact) mass is 361 g/mol. The number of carbonyl (C=O) groups excluding carboxylic acids is 1. The van der Waals surface area contributed by atoms with Crippen molar-refractivity contribution in [1.29, 1.82) is 0 Å². The minimum atomic E-state index is -0.914. The quantitative estimate of drug-likeness (QED) is 0.555. The van der Waals surface area contributed by atoms with Gasteiger partial charge in [-0.15, -0.1) is 11.8 Å². The lowest BCUT2D eigenvalue weighted by Crippen LogP contribution is -2.06. The number of fused-ring (bicyclic) bond motifs is 1. The molecule has 1 N–H and O–H groups in total. The summed E-state index contributed by atoms with van der Waals surface area (Å²) in [6.45, 7) is 1.38. The average Bonchev–Trinajstić information content (AvgIpc) is 2.54. The maximum Gasteiger partial charge on any atom is 0.336 e. The zero-order chi connectivity index (χ0) is 18.0. The Morgan fingerprint density at radius 1 is 1.12 bits per heavy atom. The summed E-state index contributed by atoms with van der Waals surface area (Å²) in [5.41, 5.74) is 1.05. The highest BCUT2D eigenvalue weighted by Gasteiger charge is 2.09. The summed E-state index contributed by atoms with van der Waals surface area (Å²) >= 11 is 1.28. The first-order valence-electron chi connectivity index (χ1n) is 7.34. The first kappa shape index (κ1) is 17.2. The number of hydrogen-bond acceptors (Lipinski definition) is 4. The zero-order valence-electron chi connectivity index (χ0n) is 13.1. The van der Waals surface area contributed by atoms with Gasteiger partial charge in [0.2, 0.25) is 5.91 Å². The van der Waals surface area contributed by atoms with Gasteiger partial charge in [0, 0.05) is 40.8 Å². The fourth-order valence-corrected chi connectivity index (χ4v) is 3.27. The van der Waals surface area contributed by atoms with Crippen LogP contribution in [0.4, 0.5) is 14.5 Å². The van der Waals surface area contributed by atoms with Gasteiger partial charge in [0.25, 0.3) is 0 Å². The lowest BCUT2D eigenvalue weighted by molar-refractivity contribution is -0.114. The number of anilines is 1. The van der Waals surface area contributed by atoms with Crippen LogP contribution in [0, 0.1) is 11.6 Å². The van der Waals surface area contributed by atoms with E-state index in [4.69, 9.17) is 4.42 Å². The van der Waals surface area contributed by atoms with Crippen LogP contribution in [0.1, 0.15) is 12.5 Å². The van der Waals surface area contributed by atoms with E-state index in [2.05, 4.69) is 5.32 Å². The molecule has 3 aromatic rings. The number of hydrogen-bond donors (Lipinski definition) is 1. The largest absolute Gasteiger partial charge is 0.423 e. The molecule has 128 valence electrons. The number of thioether (sulfide) groups is 1. The Hall–Kier alpha value is -2.67. The second-order valence-electron chi connectivity index (χ2n) is 5.35. The molecule has 0 saturated heterocycles. The molecule has 25 heavy (non-hydrogen) atoms. The number of amides is 1. The molecular weight excluding hydrogens is 348 g/mol. The minimum absolute atomic E-state index is 0.230. The Morgan fingerprint density at radius 2 is 1.92 bits per heavy atom. The Bertz CT molecular complexity index is 1020. The molecule has 3 rings (SSSR count). The Labute approximate surface area is 145 Å². The van der Waals surface area contributed by atoms with E-state index >= 15 is 0 Å². The zero-order valence-corrected chi connectivity index (χ0v) is 14.0. The first-order chi connectivity index (χ1) is 11.9. The summed E-state index contributed by atoms with van der Waals surface area (Å²) in [7, 11) is 0. The molecule has 0 saturated carbocycles. The molecule has 0 spiro atoms. The van der Waals surface area contributed by atoms with E-state index < -0.39 is 17.3 Å². The molecule has 2 aromatic carbocycles. The molecule has 0 atom stereocenters. The topological polar surface area (TPSA) is 59.3 Å². The molecule has 0 bridgehead atoms. The summed E-state index contributed by atoms with van der Waals surface area (Å²) in [5.74, 6) is -1.66. The van der Waals surface area contributed by atoms with Crippen LogP contribution in [0.25, 0.3) is 11.0 Å². The van der Waals surface area contributed by atoms with Crippen LogP contribution in [0.2, 0.25) is 0 Å². The van der Waals surface area contributed by atoms with Gasteiger partial charge in [-0.05, 0) is 35.9 Å². The lowest BCUT2D eigenvalue weighted by Gasteiger charge is -2.08. The molecule has 0 radical (unpaired) electrons. The predicted octanol–water partition coefficient (Wildman–Crippen LogP) is 4.32. The van der Waals surface area contributed by atoms with Crippen LogP contribution in [-0.4, -0.2) is 5.91 Å². The van der Waals surface area contributed by atoms with Gasteiger partial charge in [0.1, 0.15) is 5.58 Å². The average molecular weight is 361 g/mol. The van der Waals surface area contributed by atoms with Crippen LogP contribution in [0.5, 0.6) is 0 Å². The third-order valence-corrected chi connectivity index (χ3v) is 4.48. The van der Waals surface area contributed by atoms with Crippen molar-refractivity contribution in [2.45, 2.75) is 17.6 Å². The fourth-order valence-electron chi connectivity index (χ4n) is 2.36. The van der Waals surface area contributed by atoms with E-state index in [1.165, 1.54) is 30.8 Å². The van der Waals surface area contributed by atoms with Gasteiger partial charge >= 0.3 is 5.63 Å². The SMILES string of the molecule is CC(=O)Nc1ccc2c(CSc3ccc(F)c(F)c3)cc(=O)oc2c1. The highest BCUT2D eigenvalue weighted by Crippen LogP contribution is 2.28.